The Hall–Kier alpha value is -4.22. The summed E-state index contributed by atoms with van der Waals surface area (Å²) in [5, 5.41) is 8.91. The number of amides is 1. The molecule has 1 amide bonds. The van der Waals surface area contributed by atoms with Crippen molar-refractivity contribution in [2.24, 2.45) is 0 Å². The summed E-state index contributed by atoms with van der Waals surface area (Å²) in [6.07, 6.45) is 1.83. The maximum Gasteiger partial charge on any atom is 0.230 e. The highest BCUT2D eigenvalue weighted by molar-refractivity contribution is 7.80. The Morgan fingerprint density at radius 3 is 2.62 bits per heavy atom. The van der Waals surface area contributed by atoms with Crippen LogP contribution in [0.1, 0.15) is 11.1 Å². The fourth-order valence-corrected chi connectivity index (χ4v) is 5.57. The number of thiophene rings is 1. The number of hydrogen-bond donors (Lipinski definition) is 3. The van der Waals surface area contributed by atoms with E-state index in [-0.39, 0.29) is 23.2 Å². The highest BCUT2D eigenvalue weighted by Crippen LogP contribution is 2.40. The lowest BCUT2D eigenvalue weighted by Gasteiger charge is -2.12. The molecule has 0 aliphatic rings. The van der Waals surface area contributed by atoms with Gasteiger partial charge in [0.2, 0.25) is 5.91 Å². The van der Waals surface area contributed by atoms with E-state index >= 15 is 4.39 Å². The third-order valence-corrected chi connectivity index (χ3v) is 7.66. The number of aromatic nitrogens is 1. The van der Waals surface area contributed by atoms with Crippen molar-refractivity contribution in [1.29, 1.82) is 0 Å². The normalized spacial score (nSPS) is 10.9. The second kappa shape index (κ2) is 14.1. The van der Waals surface area contributed by atoms with Crippen molar-refractivity contribution in [3.05, 3.63) is 108 Å². The molecule has 2 aromatic heterocycles. The number of halogens is 1. The van der Waals surface area contributed by atoms with E-state index in [2.05, 4.69) is 39.1 Å². The highest BCUT2D eigenvalue weighted by atomic mass is 32.1. The van der Waals surface area contributed by atoms with E-state index in [1.165, 1.54) is 12.1 Å². The van der Waals surface area contributed by atoms with Gasteiger partial charge < -0.3 is 25.4 Å². The Bertz CT molecular complexity index is 1690. The van der Waals surface area contributed by atoms with Gasteiger partial charge in [-0.25, -0.2) is 4.39 Å². The van der Waals surface area contributed by atoms with Crippen molar-refractivity contribution >= 4 is 50.5 Å². The molecule has 42 heavy (non-hydrogen) atoms. The molecule has 214 valence electrons. The van der Waals surface area contributed by atoms with Gasteiger partial charge in [0.25, 0.3) is 0 Å². The van der Waals surface area contributed by atoms with Crippen LogP contribution in [0.5, 0.6) is 11.5 Å². The summed E-state index contributed by atoms with van der Waals surface area (Å²) in [5.41, 5.74) is 4.26. The SMILES string of the molecule is COCCNCc1cccc(-c2cc3nccc(Oc4ccc(NC(=S)NC(=O)Cc5ccccc5)cc4F)c3s2)c1. The van der Waals surface area contributed by atoms with E-state index < -0.39 is 5.82 Å². The Morgan fingerprint density at radius 2 is 1.81 bits per heavy atom. The minimum Gasteiger partial charge on any atom is -0.453 e. The molecule has 10 heteroatoms. The van der Waals surface area contributed by atoms with Gasteiger partial charge in [-0.2, -0.15) is 0 Å². The van der Waals surface area contributed by atoms with Crippen LogP contribution in [0, 0.1) is 5.82 Å². The number of rotatable bonds is 11. The van der Waals surface area contributed by atoms with Crippen LogP contribution in [-0.4, -0.2) is 36.3 Å². The van der Waals surface area contributed by atoms with E-state index in [0.717, 1.165) is 44.9 Å². The summed E-state index contributed by atoms with van der Waals surface area (Å²) in [4.78, 5) is 17.8. The average molecular weight is 601 g/mol. The topological polar surface area (TPSA) is 84.5 Å². The number of nitrogens with one attached hydrogen (secondary N) is 3. The molecule has 5 aromatic rings. The molecular formula is C32H29FN4O3S2. The molecule has 5 rings (SSSR count). The number of carbonyl (C=O) groups excluding carboxylic acids is 1. The first-order chi connectivity index (χ1) is 20.5. The molecule has 0 aliphatic heterocycles. The van der Waals surface area contributed by atoms with Crippen LogP contribution in [0.25, 0.3) is 20.7 Å². The third kappa shape index (κ3) is 7.74. The number of pyridine rings is 1. The molecule has 0 bridgehead atoms. The van der Waals surface area contributed by atoms with Crippen molar-refractivity contribution < 1.29 is 18.7 Å². The minimum absolute atomic E-state index is 0.0613. The summed E-state index contributed by atoms with van der Waals surface area (Å²) < 4.78 is 27.0. The summed E-state index contributed by atoms with van der Waals surface area (Å²) in [5.74, 6) is -0.265. The van der Waals surface area contributed by atoms with Gasteiger partial charge in [0.1, 0.15) is 5.75 Å². The van der Waals surface area contributed by atoms with Crippen LogP contribution in [0.3, 0.4) is 0 Å². The van der Waals surface area contributed by atoms with Gasteiger partial charge in [-0.15, -0.1) is 11.3 Å². The number of nitrogens with zero attached hydrogens (tertiary/aromatic N) is 1. The van der Waals surface area contributed by atoms with Crippen LogP contribution >= 0.6 is 23.6 Å². The van der Waals surface area contributed by atoms with Gasteiger partial charge in [0, 0.05) is 49.1 Å². The molecule has 7 nitrogen and oxygen atoms in total. The predicted octanol–water partition coefficient (Wildman–Crippen LogP) is 6.69. The number of carbonyl (C=O) groups is 1. The molecule has 0 saturated carbocycles. The van der Waals surface area contributed by atoms with Crippen LogP contribution in [0.4, 0.5) is 10.1 Å². The number of anilines is 1. The number of ether oxygens (including phenoxy) is 2. The Balaban J connectivity index is 1.25. The van der Waals surface area contributed by atoms with Crippen molar-refractivity contribution in [2.75, 3.05) is 25.6 Å². The molecule has 3 aromatic carbocycles. The second-order valence-corrected chi connectivity index (χ2v) is 10.9. The molecule has 0 spiro atoms. The first-order valence-electron chi connectivity index (χ1n) is 13.3. The summed E-state index contributed by atoms with van der Waals surface area (Å²) in [6.45, 7) is 2.18. The molecule has 0 aliphatic carbocycles. The molecular weight excluding hydrogens is 572 g/mol. The lowest BCUT2D eigenvalue weighted by molar-refractivity contribution is -0.119. The molecule has 0 atom stereocenters. The van der Waals surface area contributed by atoms with E-state index in [1.54, 1.807) is 36.8 Å². The predicted molar refractivity (Wildman–Crippen MR) is 170 cm³/mol. The fourth-order valence-electron chi connectivity index (χ4n) is 4.27. The van der Waals surface area contributed by atoms with Crippen molar-refractivity contribution in [1.82, 2.24) is 15.6 Å². The lowest BCUT2D eigenvalue weighted by Crippen LogP contribution is -2.35. The zero-order chi connectivity index (χ0) is 29.3. The highest BCUT2D eigenvalue weighted by Gasteiger charge is 2.14. The maximum atomic E-state index is 15.1. The average Bonchev–Trinajstić information content (AvgIpc) is 3.43. The summed E-state index contributed by atoms with van der Waals surface area (Å²) in [6, 6.07) is 25.8. The number of methoxy groups -OCH3 is 1. The number of hydrogen-bond acceptors (Lipinski definition) is 7. The molecule has 3 N–H and O–H groups in total. The smallest absolute Gasteiger partial charge is 0.230 e. The van der Waals surface area contributed by atoms with Gasteiger partial charge in [0.15, 0.2) is 16.7 Å². The Morgan fingerprint density at radius 1 is 0.976 bits per heavy atom. The molecule has 0 unspecified atom stereocenters. The van der Waals surface area contributed by atoms with Gasteiger partial charge in [-0.3, -0.25) is 9.78 Å². The lowest BCUT2D eigenvalue weighted by atomic mass is 10.1. The minimum atomic E-state index is -0.575. The molecule has 0 radical (unpaired) electrons. The molecule has 0 saturated heterocycles. The molecule has 2 heterocycles. The van der Waals surface area contributed by atoms with Crippen LogP contribution in [0.2, 0.25) is 0 Å². The van der Waals surface area contributed by atoms with Gasteiger partial charge >= 0.3 is 0 Å². The van der Waals surface area contributed by atoms with E-state index in [0.29, 0.717) is 18.0 Å². The number of thiocarbonyl (C=S) groups is 1. The first kappa shape index (κ1) is 29.3. The standard InChI is InChI=1S/C32H29FN4O3S2/c1-39-15-14-34-20-22-8-5-9-23(16-22)29-19-26-31(42-29)28(12-13-35-26)40-27-11-10-24(18-25(27)33)36-32(41)37-30(38)17-21-6-3-2-4-7-21/h2-13,16,18-19,34H,14-15,17,20H2,1H3,(H2,36,37,38,41). The monoisotopic (exact) mass is 600 g/mol. The quantitative estimate of drug-likeness (QED) is 0.115. The van der Waals surface area contributed by atoms with Crippen molar-refractivity contribution in [3.63, 3.8) is 0 Å². The largest absolute Gasteiger partial charge is 0.453 e. The van der Waals surface area contributed by atoms with Crippen LogP contribution in [-0.2, 0) is 22.5 Å². The first-order valence-corrected chi connectivity index (χ1v) is 14.5. The summed E-state index contributed by atoms with van der Waals surface area (Å²) >= 11 is 6.77. The van der Waals surface area contributed by atoms with E-state index in [9.17, 15) is 4.79 Å². The Labute approximate surface area is 252 Å². The van der Waals surface area contributed by atoms with Crippen LogP contribution in [0.15, 0.2) is 91.1 Å². The third-order valence-electron chi connectivity index (χ3n) is 6.27. The molecule has 0 fully saturated rings. The van der Waals surface area contributed by atoms with E-state index in [4.69, 9.17) is 21.7 Å². The number of benzene rings is 3. The van der Waals surface area contributed by atoms with E-state index in [1.807, 2.05) is 42.5 Å². The zero-order valence-corrected chi connectivity index (χ0v) is 24.5. The van der Waals surface area contributed by atoms with Crippen molar-refractivity contribution in [2.45, 2.75) is 13.0 Å². The maximum absolute atomic E-state index is 15.1. The van der Waals surface area contributed by atoms with Gasteiger partial charge in [-0.05, 0) is 53.2 Å². The number of fused-ring (bicyclic) bond motifs is 1. The fraction of sp³-hybridized carbons (Fsp3) is 0.156. The van der Waals surface area contributed by atoms with Crippen LogP contribution < -0.4 is 20.7 Å². The Kier molecular flexibility index (Phi) is 9.83. The zero-order valence-electron chi connectivity index (χ0n) is 22.9. The van der Waals surface area contributed by atoms with Crippen molar-refractivity contribution in [3.8, 4) is 21.9 Å². The second-order valence-electron chi connectivity index (χ2n) is 9.42. The summed E-state index contributed by atoms with van der Waals surface area (Å²) in [7, 11) is 1.68. The van der Waals surface area contributed by atoms with Gasteiger partial charge in [0.05, 0.1) is 23.2 Å². The van der Waals surface area contributed by atoms with Gasteiger partial charge in [-0.1, -0.05) is 48.5 Å².